The number of nitrogens with one attached hydrogen (secondary N) is 2. The molecule has 1 aromatic heterocycles. The van der Waals surface area contributed by atoms with Gasteiger partial charge in [-0.05, 0) is 31.5 Å². The van der Waals surface area contributed by atoms with E-state index in [0.717, 1.165) is 30.8 Å². The minimum absolute atomic E-state index is 0.0653. The number of aromatic nitrogens is 1. The Labute approximate surface area is 95.5 Å². The number of hydrogen-bond donors (Lipinski definition) is 2. The lowest BCUT2D eigenvalue weighted by Gasteiger charge is -2.11. The van der Waals surface area contributed by atoms with Crippen molar-refractivity contribution < 1.29 is 4.79 Å². The minimum Gasteiger partial charge on any atom is -0.352 e. The van der Waals surface area contributed by atoms with Crippen LogP contribution in [-0.2, 0) is 11.2 Å². The standard InChI is InChI=1S/C12H17N3O/c1-9-3-2-5-14-11(9)7-12(16)15-10-4-6-13-8-10/h2-3,5,10,13H,4,6-8H2,1H3,(H,15,16)/t10-/m1/s1. The summed E-state index contributed by atoms with van der Waals surface area (Å²) in [5.41, 5.74) is 1.94. The third kappa shape index (κ3) is 2.79. The monoisotopic (exact) mass is 219 g/mol. The Morgan fingerprint density at radius 2 is 2.56 bits per heavy atom. The van der Waals surface area contributed by atoms with Crippen molar-refractivity contribution in [2.45, 2.75) is 25.8 Å². The first-order chi connectivity index (χ1) is 7.75. The van der Waals surface area contributed by atoms with Crippen LogP contribution in [0.1, 0.15) is 17.7 Å². The lowest BCUT2D eigenvalue weighted by Crippen LogP contribution is -2.37. The van der Waals surface area contributed by atoms with E-state index in [9.17, 15) is 4.79 Å². The molecule has 86 valence electrons. The van der Waals surface area contributed by atoms with Crippen molar-refractivity contribution >= 4 is 5.91 Å². The Kier molecular flexibility index (Phi) is 3.51. The summed E-state index contributed by atoms with van der Waals surface area (Å²) in [5.74, 6) is 0.0653. The lowest BCUT2D eigenvalue weighted by atomic mass is 10.1. The first-order valence-corrected chi connectivity index (χ1v) is 5.66. The van der Waals surface area contributed by atoms with E-state index < -0.39 is 0 Å². The number of aryl methyl sites for hydroxylation is 1. The number of hydrogen-bond acceptors (Lipinski definition) is 3. The molecule has 0 bridgehead atoms. The number of carbonyl (C=O) groups is 1. The van der Waals surface area contributed by atoms with Gasteiger partial charge in [0.05, 0.1) is 12.1 Å². The molecule has 2 rings (SSSR count). The molecule has 1 saturated heterocycles. The summed E-state index contributed by atoms with van der Waals surface area (Å²) in [5, 5.41) is 6.24. The van der Waals surface area contributed by atoms with Gasteiger partial charge in [-0.25, -0.2) is 0 Å². The van der Waals surface area contributed by atoms with Gasteiger partial charge in [-0.1, -0.05) is 6.07 Å². The van der Waals surface area contributed by atoms with E-state index in [0.29, 0.717) is 6.42 Å². The minimum atomic E-state index is 0.0653. The maximum absolute atomic E-state index is 11.7. The second-order valence-corrected chi connectivity index (χ2v) is 4.20. The van der Waals surface area contributed by atoms with Gasteiger partial charge in [0.2, 0.25) is 5.91 Å². The molecular weight excluding hydrogens is 202 g/mol. The van der Waals surface area contributed by atoms with Gasteiger partial charge in [-0.15, -0.1) is 0 Å². The molecule has 2 N–H and O–H groups in total. The van der Waals surface area contributed by atoms with Crippen LogP contribution in [0.5, 0.6) is 0 Å². The number of amides is 1. The molecule has 16 heavy (non-hydrogen) atoms. The van der Waals surface area contributed by atoms with Gasteiger partial charge in [0.1, 0.15) is 0 Å². The van der Waals surface area contributed by atoms with Crippen molar-refractivity contribution in [2.75, 3.05) is 13.1 Å². The highest BCUT2D eigenvalue weighted by atomic mass is 16.1. The normalized spacial score (nSPS) is 19.7. The molecular formula is C12H17N3O. The lowest BCUT2D eigenvalue weighted by molar-refractivity contribution is -0.121. The molecule has 2 heterocycles. The molecule has 0 radical (unpaired) electrons. The van der Waals surface area contributed by atoms with Crippen LogP contribution in [0.25, 0.3) is 0 Å². The van der Waals surface area contributed by atoms with Crippen molar-refractivity contribution in [1.29, 1.82) is 0 Å². The Bertz CT molecular complexity index is 372. The molecule has 1 aliphatic heterocycles. The molecule has 0 unspecified atom stereocenters. The second kappa shape index (κ2) is 5.07. The van der Waals surface area contributed by atoms with Gasteiger partial charge in [-0.2, -0.15) is 0 Å². The van der Waals surface area contributed by atoms with Crippen molar-refractivity contribution in [3.05, 3.63) is 29.6 Å². The SMILES string of the molecule is Cc1cccnc1CC(=O)N[C@@H]1CCNC1. The molecule has 0 aromatic carbocycles. The Balaban J connectivity index is 1.89. The smallest absolute Gasteiger partial charge is 0.226 e. The van der Waals surface area contributed by atoms with Crippen molar-refractivity contribution in [3.63, 3.8) is 0 Å². The van der Waals surface area contributed by atoms with Crippen LogP contribution in [0.4, 0.5) is 0 Å². The zero-order valence-electron chi connectivity index (χ0n) is 9.49. The fourth-order valence-electron chi connectivity index (χ4n) is 1.91. The highest BCUT2D eigenvalue weighted by molar-refractivity contribution is 5.78. The molecule has 0 aliphatic carbocycles. The first-order valence-electron chi connectivity index (χ1n) is 5.66. The summed E-state index contributed by atoms with van der Waals surface area (Å²) in [4.78, 5) is 16.0. The number of pyridine rings is 1. The summed E-state index contributed by atoms with van der Waals surface area (Å²) >= 11 is 0. The zero-order chi connectivity index (χ0) is 11.4. The van der Waals surface area contributed by atoms with Crippen molar-refractivity contribution in [2.24, 2.45) is 0 Å². The van der Waals surface area contributed by atoms with Gasteiger partial charge in [-0.3, -0.25) is 9.78 Å². The molecule has 1 fully saturated rings. The average molecular weight is 219 g/mol. The third-order valence-corrected chi connectivity index (χ3v) is 2.87. The Hall–Kier alpha value is -1.42. The summed E-state index contributed by atoms with van der Waals surface area (Å²) in [6, 6.07) is 4.15. The molecule has 1 atom stereocenters. The quantitative estimate of drug-likeness (QED) is 0.774. The van der Waals surface area contributed by atoms with Crippen molar-refractivity contribution in [1.82, 2.24) is 15.6 Å². The van der Waals surface area contributed by atoms with Gasteiger partial charge < -0.3 is 10.6 Å². The van der Waals surface area contributed by atoms with E-state index in [1.54, 1.807) is 6.20 Å². The second-order valence-electron chi connectivity index (χ2n) is 4.20. The van der Waals surface area contributed by atoms with Crippen molar-refractivity contribution in [3.8, 4) is 0 Å². The summed E-state index contributed by atoms with van der Waals surface area (Å²) < 4.78 is 0. The van der Waals surface area contributed by atoms with E-state index in [-0.39, 0.29) is 11.9 Å². The molecule has 0 spiro atoms. The van der Waals surface area contributed by atoms with E-state index in [1.807, 2.05) is 19.1 Å². The highest BCUT2D eigenvalue weighted by Crippen LogP contribution is 2.04. The fraction of sp³-hybridized carbons (Fsp3) is 0.500. The third-order valence-electron chi connectivity index (χ3n) is 2.87. The molecule has 1 aromatic rings. The van der Waals surface area contributed by atoms with Crippen LogP contribution in [0.15, 0.2) is 18.3 Å². The predicted octanol–water partition coefficient (Wildman–Crippen LogP) is 0.411. The molecule has 1 amide bonds. The van der Waals surface area contributed by atoms with Crippen LogP contribution in [-0.4, -0.2) is 30.0 Å². The number of rotatable bonds is 3. The summed E-state index contributed by atoms with van der Waals surface area (Å²) in [7, 11) is 0. The average Bonchev–Trinajstić information content (AvgIpc) is 2.74. The van der Waals surface area contributed by atoms with Crippen LogP contribution in [0, 0.1) is 6.92 Å². The number of nitrogens with zero attached hydrogens (tertiary/aromatic N) is 1. The molecule has 1 aliphatic rings. The topological polar surface area (TPSA) is 54.0 Å². The predicted molar refractivity (Wildman–Crippen MR) is 62.1 cm³/mol. The largest absolute Gasteiger partial charge is 0.352 e. The van der Waals surface area contributed by atoms with E-state index in [1.165, 1.54) is 0 Å². The van der Waals surface area contributed by atoms with E-state index >= 15 is 0 Å². The summed E-state index contributed by atoms with van der Waals surface area (Å²) in [6.07, 6.45) is 3.13. The van der Waals surface area contributed by atoms with E-state index in [2.05, 4.69) is 15.6 Å². The zero-order valence-corrected chi connectivity index (χ0v) is 9.49. The van der Waals surface area contributed by atoms with Gasteiger partial charge in [0, 0.05) is 18.8 Å². The fourth-order valence-corrected chi connectivity index (χ4v) is 1.91. The first kappa shape index (κ1) is 11.1. The number of carbonyl (C=O) groups excluding carboxylic acids is 1. The van der Waals surface area contributed by atoms with E-state index in [4.69, 9.17) is 0 Å². The van der Waals surface area contributed by atoms with Gasteiger partial charge in [0.25, 0.3) is 0 Å². The Morgan fingerprint density at radius 3 is 3.25 bits per heavy atom. The highest BCUT2D eigenvalue weighted by Gasteiger charge is 2.17. The van der Waals surface area contributed by atoms with Gasteiger partial charge in [0.15, 0.2) is 0 Å². The molecule has 0 saturated carbocycles. The molecule has 4 nitrogen and oxygen atoms in total. The van der Waals surface area contributed by atoms with Crippen LogP contribution < -0.4 is 10.6 Å². The maximum Gasteiger partial charge on any atom is 0.226 e. The van der Waals surface area contributed by atoms with Gasteiger partial charge >= 0.3 is 0 Å². The Morgan fingerprint density at radius 1 is 1.69 bits per heavy atom. The van der Waals surface area contributed by atoms with Crippen LogP contribution in [0.2, 0.25) is 0 Å². The maximum atomic E-state index is 11.7. The van der Waals surface area contributed by atoms with Crippen LogP contribution in [0.3, 0.4) is 0 Å². The molecule has 4 heteroatoms. The summed E-state index contributed by atoms with van der Waals surface area (Å²) in [6.45, 7) is 3.85. The van der Waals surface area contributed by atoms with Crippen LogP contribution >= 0.6 is 0 Å².